The van der Waals surface area contributed by atoms with E-state index in [1.165, 1.54) is 0 Å². The summed E-state index contributed by atoms with van der Waals surface area (Å²) >= 11 is 0. The van der Waals surface area contributed by atoms with Crippen molar-refractivity contribution in [1.29, 1.82) is 0 Å². The number of methoxy groups -OCH3 is 3. The fourth-order valence-corrected chi connectivity index (χ4v) is 3.60. The summed E-state index contributed by atoms with van der Waals surface area (Å²) in [5.74, 6) is 1.16. The maximum Gasteiger partial charge on any atom is 0.225 e. The molecule has 1 aliphatic heterocycles. The minimum absolute atomic E-state index is 0.0697. The lowest BCUT2D eigenvalue weighted by Crippen LogP contribution is -2.37. The van der Waals surface area contributed by atoms with Crippen molar-refractivity contribution in [2.24, 2.45) is 11.8 Å². The fourth-order valence-electron chi connectivity index (χ4n) is 3.60. The second-order valence-corrected chi connectivity index (χ2v) is 7.50. The summed E-state index contributed by atoms with van der Waals surface area (Å²) in [5.41, 5.74) is 0.912. The number of benzene rings is 1. The third-order valence-electron chi connectivity index (χ3n) is 5.04. The van der Waals surface area contributed by atoms with E-state index in [1.807, 2.05) is 32.0 Å². The number of hydrogen-bond donors (Lipinski definition) is 1. The smallest absolute Gasteiger partial charge is 0.225 e. The summed E-state index contributed by atoms with van der Waals surface area (Å²) < 4.78 is 15.8. The molecule has 0 radical (unpaired) electrons. The van der Waals surface area contributed by atoms with Gasteiger partial charge in [0.05, 0.1) is 26.7 Å². The van der Waals surface area contributed by atoms with Crippen LogP contribution in [-0.4, -0.2) is 64.3 Å². The molecule has 2 atom stereocenters. The molecule has 1 aliphatic rings. The van der Waals surface area contributed by atoms with E-state index in [0.717, 1.165) is 5.56 Å². The van der Waals surface area contributed by atoms with Crippen molar-refractivity contribution in [3.8, 4) is 11.5 Å². The lowest BCUT2D eigenvalue weighted by Gasteiger charge is -2.21. The van der Waals surface area contributed by atoms with Gasteiger partial charge in [0.25, 0.3) is 0 Å². The van der Waals surface area contributed by atoms with Gasteiger partial charge in [0.2, 0.25) is 11.8 Å². The highest BCUT2D eigenvalue weighted by Crippen LogP contribution is 2.39. The average Bonchev–Trinajstić information content (AvgIpc) is 3.12. The van der Waals surface area contributed by atoms with E-state index in [2.05, 4.69) is 5.32 Å². The lowest BCUT2D eigenvalue weighted by atomic mass is 9.87. The van der Waals surface area contributed by atoms with Gasteiger partial charge in [-0.2, -0.15) is 0 Å². The normalized spacial score (nSPS) is 19.0. The molecule has 0 aliphatic carbocycles. The lowest BCUT2D eigenvalue weighted by molar-refractivity contribution is -0.131. The van der Waals surface area contributed by atoms with E-state index in [1.54, 1.807) is 26.2 Å². The highest BCUT2D eigenvalue weighted by Gasteiger charge is 2.41. The van der Waals surface area contributed by atoms with Crippen molar-refractivity contribution < 1.29 is 23.8 Å². The highest BCUT2D eigenvalue weighted by molar-refractivity contribution is 5.83. The summed E-state index contributed by atoms with van der Waals surface area (Å²) in [7, 11) is 4.80. The van der Waals surface area contributed by atoms with Crippen molar-refractivity contribution in [2.45, 2.75) is 26.2 Å². The zero-order valence-corrected chi connectivity index (χ0v) is 17.5. The quantitative estimate of drug-likeness (QED) is 0.651. The largest absolute Gasteiger partial charge is 0.497 e. The fraction of sp³-hybridized carbons (Fsp3) is 0.619. The standard InChI is InChI=1S/C21H32N2O5/c1-14(2)10-20(24)23-12-17(18(13-23)21(25)22-8-9-26-3)16-7-6-15(27-4)11-19(16)28-5/h6-7,11,14,17-18H,8-10,12-13H2,1-5H3,(H,22,25)/t17-,18-/m1/s1. The van der Waals surface area contributed by atoms with Crippen molar-refractivity contribution in [1.82, 2.24) is 10.2 Å². The first-order chi connectivity index (χ1) is 13.4. The number of ether oxygens (including phenoxy) is 3. The summed E-state index contributed by atoms with van der Waals surface area (Å²) in [6.45, 7) is 5.84. The molecule has 28 heavy (non-hydrogen) atoms. The molecule has 7 heteroatoms. The number of carbonyl (C=O) groups excluding carboxylic acids is 2. The molecule has 156 valence electrons. The highest BCUT2D eigenvalue weighted by atomic mass is 16.5. The monoisotopic (exact) mass is 392 g/mol. The van der Waals surface area contributed by atoms with E-state index in [9.17, 15) is 9.59 Å². The van der Waals surface area contributed by atoms with Gasteiger partial charge in [-0.25, -0.2) is 0 Å². The van der Waals surface area contributed by atoms with Crippen LogP contribution < -0.4 is 14.8 Å². The first-order valence-corrected chi connectivity index (χ1v) is 9.67. The second kappa shape index (κ2) is 10.3. The van der Waals surface area contributed by atoms with Crippen LogP contribution in [0.15, 0.2) is 18.2 Å². The molecular weight excluding hydrogens is 360 g/mol. The summed E-state index contributed by atoms with van der Waals surface area (Å²) in [5, 5.41) is 2.92. The van der Waals surface area contributed by atoms with Crippen LogP contribution in [0.2, 0.25) is 0 Å². The van der Waals surface area contributed by atoms with Gasteiger partial charge >= 0.3 is 0 Å². The van der Waals surface area contributed by atoms with Crippen LogP contribution in [0.1, 0.15) is 31.7 Å². The van der Waals surface area contributed by atoms with Gasteiger partial charge in [0, 0.05) is 50.7 Å². The predicted molar refractivity (Wildman–Crippen MR) is 107 cm³/mol. The number of carbonyl (C=O) groups is 2. The van der Waals surface area contributed by atoms with Crippen molar-refractivity contribution >= 4 is 11.8 Å². The van der Waals surface area contributed by atoms with Crippen LogP contribution in [0, 0.1) is 11.8 Å². The second-order valence-electron chi connectivity index (χ2n) is 7.50. The molecule has 2 amide bonds. The molecule has 0 bridgehead atoms. The molecule has 2 rings (SSSR count). The van der Waals surface area contributed by atoms with Gasteiger partial charge in [-0.3, -0.25) is 9.59 Å². The zero-order chi connectivity index (χ0) is 20.7. The van der Waals surface area contributed by atoms with Crippen molar-refractivity contribution in [3.05, 3.63) is 23.8 Å². The molecular formula is C21H32N2O5. The molecule has 1 heterocycles. The van der Waals surface area contributed by atoms with E-state index in [4.69, 9.17) is 14.2 Å². The van der Waals surface area contributed by atoms with Gasteiger partial charge < -0.3 is 24.4 Å². The minimum Gasteiger partial charge on any atom is -0.497 e. The average molecular weight is 392 g/mol. The minimum atomic E-state index is -0.338. The van der Waals surface area contributed by atoms with Crippen LogP contribution in [-0.2, 0) is 14.3 Å². The molecule has 1 fully saturated rings. The van der Waals surface area contributed by atoms with Gasteiger partial charge in [-0.15, -0.1) is 0 Å². The maximum atomic E-state index is 12.8. The van der Waals surface area contributed by atoms with Crippen LogP contribution in [0.25, 0.3) is 0 Å². The molecule has 0 spiro atoms. The number of likely N-dealkylation sites (tertiary alicyclic amines) is 1. The number of rotatable bonds is 9. The Morgan fingerprint density at radius 2 is 1.93 bits per heavy atom. The van der Waals surface area contributed by atoms with E-state index < -0.39 is 0 Å². The molecule has 1 saturated heterocycles. The van der Waals surface area contributed by atoms with Gasteiger partial charge in [-0.05, 0) is 12.0 Å². The zero-order valence-electron chi connectivity index (χ0n) is 17.5. The molecule has 7 nitrogen and oxygen atoms in total. The van der Waals surface area contributed by atoms with E-state index in [0.29, 0.717) is 44.2 Å². The van der Waals surface area contributed by atoms with Crippen LogP contribution in [0.5, 0.6) is 11.5 Å². The molecule has 0 unspecified atom stereocenters. The van der Waals surface area contributed by atoms with Crippen LogP contribution in [0.3, 0.4) is 0 Å². The summed E-state index contributed by atoms with van der Waals surface area (Å²) in [4.78, 5) is 27.3. The van der Waals surface area contributed by atoms with Crippen LogP contribution in [0.4, 0.5) is 0 Å². The third-order valence-corrected chi connectivity index (χ3v) is 5.04. The Morgan fingerprint density at radius 3 is 2.54 bits per heavy atom. The molecule has 0 saturated carbocycles. The van der Waals surface area contributed by atoms with Crippen molar-refractivity contribution in [3.63, 3.8) is 0 Å². The Balaban J connectivity index is 2.28. The number of amides is 2. The van der Waals surface area contributed by atoms with E-state index >= 15 is 0 Å². The SMILES string of the molecule is COCCNC(=O)[C@@H]1CN(C(=O)CC(C)C)C[C@@H]1c1ccc(OC)cc1OC. The number of nitrogens with zero attached hydrogens (tertiary/aromatic N) is 1. The van der Waals surface area contributed by atoms with Crippen molar-refractivity contribution in [2.75, 3.05) is 47.6 Å². The Morgan fingerprint density at radius 1 is 1.18 bits per heavy atom. The number of hydrogen-bond acceptors (Lipinski definition) is 5. The predicted octanol–water partition coefficient (Wildman–Crippen LogP) is 2.05. The Kier molecular flexibility index (Phi) is 8.11. The number of nitrogens with one attached hydrogen (secondary N) is 1. The van der Waals surface area contributed by atoms with Gasteiger partial charge in [0.15, 0.2) is 0 Å². The Hall–Kier alpha value is -2.28. The van der Waals surface area contributed by atoms with E-state index in [-0.39, 0.29) is 29.6 Å². The van der Waals surface area contributed by atoms with Gasteiger partial charge in [0.1, 0.15) is 11.5 Å². The molecule has 1 aromatic carbocycles. The van der Waals surface area contributed by atoms with Gasteiger partial charge in [-0.1, -0.05) is 19.9 Å². The molecule has 1 aromatic rings. The Bertz CT molecular complexity index is 677. The third kappa shape index (κ3) is 5.38. The first-order valence-electron chi connectivity index (χ1n) is 9.67. The summed E-state index contributed by atoms with van der Waals surface area (Å²) in [6.07, 6.45) is 0.477. The first kappa shape index (κ1) is 22.0. The Labute approximate surface area is 167 Å². The topological polar surface area (TPSA) is 77.1 Å². The van der Waals surface area contributed by atoms with Crippen LogP contribution >= 0.6 is 0 Å². The molecule has 1 N–H and O–H groups in total. The summed E-state index contributed by atoms with van der Waals surface area (Å²) in [6, 6.07) is 5.60. The maximum absolute atomic E-state index is 12.8. The molecule has 0 aromatic heterocycles.